The van der Waals surface area contributed by atoms with Crippen LogP contribution in [-0.4, -0.2) is 40.2 Å². The van der Waals surface area contributed by atoms with E-state index in [2.05, 4.69) is 5.32 Å². The van der Waals surface area contributed by atoms with E-state index in [1.165, 1.54) is 22.2 Å². The largest absolute Gasteiger partial charge is 0.454 e. The number of fused-ring (bicyclic) bond motifs is 4. The molecule has 2 atom stereocenters. The summed E-state index contributed by atoms with van der Waals surface area (Å²) >= 11 is 2.93. The molecule has 0 bridgehead atoms. The molecule has 8 nitrogen and oxygen atoms in total. The first kappa shape index (κ1) is 21.9. The lowest BCUT2D eigenvalue weighted by molar-refractivity contribution is -0.115. The van der Waals surface area contributed by atoms with E-state index in [1.54, 1.807) is 34.1 Å². The number of amides is 1. The van der Waals surface area contributed by atoms with Gasteiger partial charge < -0.3 is 19.5 Å². The SMILES string of the molecule is C[C@H](Sc1nc2sc3c(c2c(=O)n1C[C@H]1CCCO1)CCC3)C(=O)Nc1ccc2c(c1)OCO2. The van der Waals surface area contributed by atoms with Gasteiger partial charge in [-0.15, -0.1) is 11.3 Å². The molecule has 34 heavy (non-hydrogen) atoms. The van der Waals surface area contributed by atoms with Crippen molar-refractivity contribution >= 4 is 44.9 Å². The maximum absolute atomic E-state index is 13.6. The zero-order valence-electron chi connectivity index (χ0n) is 18.8. The number of hydrogen-bond donors (Lipinski definition) is 1. The maximum atomic E-state index is 13.6. The highest BCUT2D eigenvalue weighted by Gasteiger charge is 2.27. The van der Waals surface area contributed by atoms with Crippen LogP contribution in [0.3, 0.4) is 0 Å². The summed E-state index contributed by atoms with van der Waals surface area (Å²) in [5.74, 6) is 1.11. The highest BCUT2D eigenvalue weighted by molar-refractivity contribution is 8.00. The first-order valence-corrected chi connectivity index (χ1v) is 13.3. The van der Waals surface area contributed by atoms with Crippen LogP contribution in [0.15, 0.2) is 28.2 Å². The molecule has 0 saturated carbocycles. The summed E-state index contributed by atoms with van der Waals surface area (Å²) in [7, 11) is 0. The van der Waals surface area contributed by atoms with E-state index in [9.17, 15) is 9.59 Å². The number of hydrogen-bond acceptors (Lipinski definition) is 8. The Labute approximate surface area is 204 Å². The van der Waals surface area contributed by atoms with E-state index in [0.717, 1.165) is 48.9 Å². The van der Waals surface area contributed by atoms with Crippen LogP contribution in [0.25, 0.3) is 10.2 Å². The number of benzene rings is 1. The molecule has 0 unspecified atom stereocenters. The van der Waals surface area contributed by atoms with Crippen LogP contribution in [-0.2, 0) is 28.9 Å². The minimum atomic E-state index is -0.461. The minimum Gasteiger partial charge on any atom is -0.454 e. The number of thiophene rings is 1. The van der Waals surface area contributed by atoms with Gasteiger partial charge in [0.15, 0.2) is 16.7 Å². The molecule has 1 amide bonds. The van der Waals surface area contributed by atoms with Crippen LogP contribution in [0.4, 0.5) is 5.69 Å². The van der Waals surface area contributed by atoms with Crippen LogP contribution >= 0.6 is 23.1 Å². The van der Waals surface area contributed by atoms with E-state index in [-0.39, 0.29) is 24.4 Å². The van der Waals surface area contributed by atoms with Gasteiger partial charge in [0.25, 0.3) is 5.56 Å². The van der Waals surface area contributed by atoms with Crippen molar-refractivity contribution in [2.75, 3.05) is 18.7 Å². The van der Waals surface area contributed by atoms with Crippen LogP contribution in [0.5, 0.6) is 11.5 Å². The quantitative estimate of drug-likeness (QED) is 0.405. The van der Waals surface area contributed by atoms with Gasteiger partial charge in [0.2, 0.25) is 12.7 Å². The van der Waals surface area contributed by atoms with Gasteiger partial charge in [-0.1, -0.05) is 11.8 Å². The lowest BCUT2D eigenvalue weighted by atomic mass is 10.2. The van der Waals surface area contributed by atoms with E-state index in [4.69, 9.17) is 19.2 Å². The van der Waals surface area contributed by atoms with Crippen LogP contribution in [0.1, 0.15) is 36.6 Å². The summed E-state index contributed by atoms with van der Waals surface area (Å²) in [6.07, 6.45) is 4.97. The average Bonchev–Trinajstić information content (AvgIpc) is 3.60. The molecule has 2 aromatic heterocycles. The van der Waals surface area contributed by atoms with Crippen molar-refractivity contribution in [2.24, 2.45) is 0 Å². The number of nitrogens with zero attached hydrogens (tertiary/aromatic N) is 2. The zero-order valence-corrected chi connectivity index (χ0v) is 20.4. The smallest absolute Gasteiger partial charge is 0.263 e. The van der Waals surface area contributed by atoms with Crippen molar-refractivity contribution < 1.29 is 19.0 Å². The van der Waals surface area contributed by atoms with Crippen molar-refractivity contribution in [3.8, 4) is 11.5 Å². The predicted molar refractivity (Wildman–Crippen MR) is 131 cm³/mol. The summed E-state index contributed by atoms with van der Waals surface area (Å²) in [5.41, 5.74) is 1.80. The fraction of sp³-hybridized carbons (Fsp3) is 0.458. The molecule has 1 aliphatic carbocycles. The molecule has 1 fully saturated rings. The normalized spacial score (nSPS) is 19.5. The second-order valence-electron chi connectivity index (χ2n) is 8.80. The van der Waals surface area contributed by atoms with E-state index in [1.807, 2.05) is 6.92 Å². The van der Waals surface area contributed by atoms with Gasteiger partial charge in [0.1, 0.15) is 4.83 Å². The van der Waals surface area contributed by atoms with Gasteiger partial charge in [0, 0.05) is 23.2 Å². The van der Waals surface area contributed by atoms with Gasteiger partial charge in [-0.05, 0) is 56.7 Å². The maximum Gasteiger partial charge on any atom is 0.263 e. The topological polar surface area (TPSA) is 91.7 Å². The summed E-state index contributed by atoms with van der Waals surface area (Å²) in [4.78, 5) is 33.6. The highest BCUT2D eigenvalue weighted by Crippen LogP contribution is 2.37. The summed E-state index contributed by atoms with van der Waals surface area (Å²) in [6, 6.07) is 5.32. The molecule has 3 aromatic rings. The third-order valence-electron chi connectivity index (χ3n) is 6.49. The molecular weight excluding hydrogens is 474 g/mol. The van der Waals surface area contributed by atoms with Crippen molar-refractivity contribution in [3.63, 3.8) is 0 Å². The highest BCUT2D eigenvalue weighted by atomic mass is 32.2. The third-order valence-corrected chi connectivity index (χ3v) is 8.77. The van der Waals surface area contributed by atoms with Crippen molar-refractivity contribution in [2.45, 2.75) is 62.1 Å². The van der Waals surface area contributed by atoms with E-state index in [0.29, 0.717) is 28.9 Å². The molecule has 2 aliphatic heterocycles. The molecule has 1 aromatic carbocycles. The minimum absolute atomic E-state index is 0.000694. The molecule has 3 aliphatic rings. The first-order valence-electron chi connectivity index (χ1n) is 11.6. The summed E-state index contributed by atoms with van der Waals surface area (Å²) < 4.78 is 18.3. The van der Waals surface area contributed by atoms with Crippen molar-refractivity contribution in [1.82, 2.24) is 9.55 Å². The van der Waals surface area contributed by atoms with E-state index < -0.39 is 5.25 Å². The average molecular weight is 500 g/mol. The lowest BCUT2D eigenvalue weighted by Crippen LogP contribution is -2.30. The lowest BCUT2D eigenvalue weighted by Gasteiger charge is -2.18. The molecule has 178 valence electrons. The number of rotatable bonds is 6. The number of carbonyl (C=O) groups excluding carboxylic acids is 1. The number of thioether (sulfide) groups is 1. The van der Waals surface area contributed by atoms with Gasteiger partial charge in [0.05, 0.1) is 23.3 Å². The Morgan fingerprint density at radius 1 is 1.29 bits per heavy atom. The molecule has 10 heteroatoms. The van der Waals surface area contributed by atoms with Gasteiger partial charge >= 0.3 is 0 Å². The monoisotopic (exact) mass is 499 g/mol. The fourth-order valence-electron chi connectivity index (χ4n) is 4.73. The summed E-state index contributed by atoms with van der Waals surface area (Å²) in [6.45, 7) is 3.20. The Morgan fingerprint density at radius 2 is 2.18 bits per heavy atom. The third kappa shape index (κ3) is 3.97. The van der Waals surface area contributed by atoms with Gasteiger partial charge in [-0.3, -0.25) is 14.2 Å². The Morgan fingerprint density at radius 3 is 3.03 bits per heavy atom. The molecule has 1 saturated heterocycles. The first-order chi connectivity index (χ1) is 16.6. The Bertz CT molecular complexity index is 1330. The predicted octanol–water partition coefficient (Wildman–Crippen LogP) is 3.97. The second-order valence-corrected chi connectivity index (χ2v) is 11.2. The molecule has 4 heterocycles. The summed E-state index contributed by atoms with van der Waals surface area (Å²) in [5, 5.41) is 3.81. The Balaban J connectivity index is 1.28. The molecule has 1 N–H and O–H groups in total. The zero-order chi connectivity index (χ0) is 23.2. The standard InChI is InChI=1S/C24H25N3O5S2/c1-13(21(28)25-14-7-8-17-18(10-14)32-12-31-17)33-24-26-22-20(16-5-2-6-19(16)34-22)23(29)27(24)11-15-4-3-9-30-15/h7-8,10,13,15H,2-6,9,11-12H2,1H3,(H,25,28)/t13-,15+/m0/s1. The van der Waals surface area contributed by atoms with Gasteiger partial charge in [-0.25, -0.2) is 4.98 Å². The molecular formula is C24H25N3O5S2. The second kappa shape index (κ2) is 8.90. The number of nitrogens with one attached hydrogen (secondary N) is 1. The van der Waals surface area contributed by atoms with Crippen molar-refractivity contribution in [3.05, 3.63) is 39.0 Å². The van der Waals surface area contributed by atoms with Gasteiger partial charge in [-0.2, -0.15) is 0 Å². The number of carbonyl (C=O) groups is 1. The van der Waals surface area contributed by atoms with Crippen LogP contribution in [0.2, 0.25) is 0 Å². The van der Waals surface area contributed by atoms with Crippen LogP contribution in [0, 0.1) is 0 Å². The molecule has 0 radical (unpaired) electrons. The number of aromatic nitrogens is 2. The Kier molecular flexibility index (Phi) is 5.74. The fourth-order valence-corrected chi connectivity index (χ4v) is 6.95. The van der Waals surface area contributed by atoms with Crippen molar-refractivity contribution in [1.29, 1.82) is 0 Å². The number of aryl methyl sites for hydroxylation is 2. The van der Waals surface area contributed by atoms with E-state index >= 15 is 0 Å². The Hall–Kier alpha value is -2.56. The number of ether oxygens (including phenoxy) is 3. The van der Waals surface area contributed by atoms with Crippen LogP contribution < -0.4 is 20.3 Å². The molecule has 0 spiro atoms. The number of anilines is 1. The molecule has 6 rings (SSSR count).